The van der Waals surface area contributed by atoms with E-state index in [1.54, 1.807) is 18.3 Å². The average molecular weight is 295 g/mol. The number of hydrogen-bond donors (Lipinski definition) is 2. The minimum absolute atomic E-state index is 0.148. The van der Waals surface area contributed by atoms with Gasteiger partial charge in [-0.15, -0.1) is 11.3 Å². The van der Waals surface area contributed by atoms with Gasteiger partial charge in [0, 0.05) is 11.4 Å². The van der Waals surface area contributed by atoms with E-state index in [9.17, 15) is 9.59 Å². The van der Waals surface area contributed by atoms with Crippen LogP contribution in [0.1, 0.15) is 46.8 Å². The molecular formula is C15H21NO3S. The van der Waals surface area contributed by atoms with Crippen LogP contribution in [0, 0.1) is 11.8 Å². The number of nitrogens with one attached hydrogen (secondary N) is 1. The largest absolute Gasteiger partial charge is 0.481 e. The molecule has 0 bridgehead atoms. The second-order valence-corrected chi connectivity index (χ2v) is 6.66. The molecule has 2 unspecified atom stereocenters. The molecule has 0 aliphatic heterocycles. The smallest absolute Gasteiger partial charge is 0.308 e. The van der Waals surface area contributed by atoms with Gasteiger partial charge in [-0.3, -0.25) is 9.59 Å². The van der Waals surface area contributed by atoms with Gasteiger partial charge < -0.3 is 10.4 Å². The zero-order chi connectivity index (χ0) is 14.7. The quantitative estimate of drug-likeness (QED) is 0.877. The number of carbonyl (C=O) groups is 2. The number of fused-ring (bicyclic) bond motifs is 1. The molecule has 2 atom stereocenters. The summed E-state index contributed by atoms with van der Waals surface area (Å²) in [7, 11) is 0. The average Bonchev–Trinajstić information content (AvgIpc) is 2.86. The van der Waals surface area contributed by atoms with Crippen LogP contribution in [0.15, 0.2) is 6.07 Å². The van der Waals surface area contributed by atoms with Crippen molar-refractivity contribution in [3.8, 4) is 0 Å². The summed E-state index contributed by atoms with van der Waals surface area (Å²) in [4.78, 5) is 24.8. The van der Waals surface area contributed by atoms with Crippen molar-refractivity contribution in [1.29, 1.82) is 0 Å². The van der Waals surface area contributed by atoms with Crippen molar-refractivity contribution < 1.29 is 14.7 Å². The molecule has 20 heavy (non-hydrogen) atoms. The summed E-state index contributed by atoms with van der Waals surface area (Å²) in [6.45, 7) is 3.98. The molecule has 5 heteroatoms. The summed E-state index contributed by atoms with van der Waals surface area (Å²) in [5, 5.41) is 11.5. The van der Waals surface area contributed by atoms with Crippen molar-refractivity contribution in [1.82, 2.24) is 5.32 Å². The maximum absolute atomic E-state index is 12.0. The number of carboxylic acids is 1. The second kappa shape index (κ2) is 6.39. The number of carboxylic acid groups (broad SMARTS) is 1. The Kier molecular flexibility index (Phi) is 4.81. The molecule has 0 spiro atoms. The summed E-state index contributed by atoms with van der Waals surface area (Å²) in [6.07, 6.45) is 4.53. The Bertz CT molecular complexity index is 509. The van der Waals surface area contributed by atoms with Crippen molar-refractivity contribution in [3.63, 3.8) is 0 Å². The van der Waals surface area contributed by atoms with Crippen LogP contribution < -0.4 is 5.32 Å². The van der Waals surface area contributed by atoms with Gasteiger partial charge >= 0.3 is 5.97 Å². The van der Waals surface area contributed by atoms with Crippen LogP contribution in [0.2, 0.25) is 0 Å². The van der Waals surface area contributed by atoms with Crippen LogP contribution >= 0.6 is 11.3 Å². The molecule has 0 saturated heterocycles. The monoisotopic (exact) mass is 295 g/mol. The second-order valence-electron chi connectivity index (χ2n) is 5.53. The lowest BCUT2D eigenvalue weighted by molar-refractivity contribution is -0.140. The molecule has 1 aliphatic carbocycles. The Hall–Kier alpha value is -1.36. The van der Waals surface area contributed by atoms with Gasteiger partial charge in [0.1, 0.15) is 0 Å². The Balaban J connectivity index is 1.98. The highest BCUT2D eigenvalue weighted by molar-refractivity contribution is 7.14. The third-order valence-corrected chi connectivity index (χ3v) is 5.21. The first-order chi connectivity index (χ1) is 9.51. The van der Waals surface area contributed by atoms with E-state index in [4.69, 9.17) is 5.11 Å². The van der Waals surface area contributed by atoms with E-state index < -0.39 is 11.9 Å². The number of hydrogen-bond acceptors (Lipinski definition) is 3. The molecule has 1 amide bonds. The summed E-state index contributed by atoms with van der Waals surface area (Å²) < 4.78 is 0. The highest BCUT2D eigenvalue weighted by atomic mass is 32.1. The van der Waals surface area contributed by atoms with Gasteiger partial charge in [-0.2, -0.15) is 0 Å². The molecule has 2 N–H and O–H groups in total. The van der Waals surface area contributed by atoms with Crippen molar-refractivity contribution in [2.24, 2.45) is 11.8 Å². The SMILES string of the molecule is CCC1CCc2sc(C(=O)NCC(C)C(=O)O)cc2C1. The summed E-state index contributed by atoms with van der Waals surface area (Å²) in [5.41, 5.74) is 1.31. The van der Waals surface area contributed by atoms with Crippen molar-refractivity contribution in [2.45, 2.75) is 39.5 Å². The third kappa shape index (κ3) is 3.39. The molecule has 4 nitrogen and oxygen atoms in total. The van der Waals surface area contributed by atoms with E-state index in [1.807, 2.05) is 6.07 Å². The number of aliphatic carboxylic acids is 1. The van der Waals surface area contributed by atoms with Gasteiger partial charge in [0.25, 0.3) is 5.91 Å². The minimum Gasteiger partial charge on any atom is -0.481 e. The van der Waals surface area contributed by atoms with Crippen LogP contribution in [0.4, 0.5) is 0 Å². The first-order valence-corrected chi connectivity index (χ1v) is 7.95. The topological polar surface area (TPSA) is 66.4 Å². The van der Waals surface area contributed by atoms with Crippen LogP contribution in [-0.4, -0.2) is 23.5 Å². The van der Waals surface area contributed by atoms with E-state index in [2.05, 4.69) is 12.2 Å². The highest BCUT2D eigenvalue weighted by Crippen LogP contribution is 2.33. The Morgan fingerprint density at radius 1 is 1.55 bits per heavy atom. The molecule has 0 fully saturated rings. The zero-order valence-electron chi connectivity index (χ0n) is 11.9. The van der Waals surface area contributed by atoms with Crippen molar-refractivity contribution in [2.75, 3.05) is 6.54 Å². The first kappa shape index (κ1) is 15.0. The Morgan fingerprint density at radius 2 is 2.30 bits per heavy atom. The van der Waals surface area contributed by atoms with Crippen molar-refractivity contribution in [3.05, 3.63) is 21.4 Å². The Morgan fingerprint density at radius 3 is 2.95 bits per heavy atom. The fourth-order valence-electron chi connectivity index (χ4n) is 2.48. The van der Waals surface area contributed by atoms with E-state index in [1.165, 1.54) is 23.3 Å². The van der Waals surface area contributed by atoms with Crippen LogP contribution in [0.25, 0.3) is 0 Å². The summed E-state index contributed by atoms with van der Waals surface area (Å²) in [6, 6.07) is 1.99. The molecule has 1 heterocycles. The number of amides is 1. The molecule has 0 saturated carbocycles. The van der Waals surface area contributed by atoms with Gasteiger partial charge in [-0.25, -0.2) is 0 Å². The lowest BCUT2D eigenvalue weighted by Crippen LogP contribution is -2.30. The van der Waals surface area contributed by atoms with Gasteiger partial charge in [-0.05, 0) is 36.8 Å². The van der Waals surface area contributed by atoms with E-state index in [0.29, 0.717) is 4.88 Å². The predicted molar refractivity (Wildman–Crippen MR) is 79.3 cm³/mol. The molecule has 0 radical (unpaired) electrons. The predicted octanol–water partition coefficient (Wildman–Crippen LogP) is 2.71. The van der Waals surface area contributed by atoms with E-state index in [0.717, 1.165) is 18.8 Å². The Labute approximate surface area is 123 Å². The van der Waals surface area contributed by atoms with Gasteiger partial charge in [0.05, 0.1) is 10.8 Å². The molecular weight excluding hydrogens is 274 g/mol. The standard InChI is InChI=1S/C15H21NO3S/c1-3-10-4-5-12-11(6-10)7-13(20-12)14(17)16-8-9(2)15(18)19/h7,9-10H,3-6,8H2,1-2H3,(H,16,17)(H,18,19). The van der Waals surface area contributed by atoms with Crippen LogP contribution in [-0.2, 0) is 17.6 Å². The number of rotatable bonds is 5. The lowest BCUT2D eigenvalue weighted by atomic mass is 9.87. The van der Waals surface area contributed by atoms with E-state index in [-0.39, 0.29) is 12.5 Å². The maximum atomic E-state index is 12.0. The molecule has 0 aromatic carbocycles. The van der Waals surface area contributed by atoms with Gasteiger partial charge in [0.15, 0.2) is 0 Å². The van der Waals surface area contributed by atoms with Gasteiger partial charge in [-0.1, -0.05) is 20.3 Å². The molecule has 2 rings (SSSR count). The van der Waals surface area contributed by atoms with Crippen LogP contribution in [0.5, 0.6) is 0 Å². The first-order valence-electron chi connectivity index (χ1n) is 7.13. The molecule has 1 aromatic heterocycles. The highest BCUT2D eigenvalue weighted by Gasteiger charge is 2.22. The van der Waals surface area contributed by atoms with Crippen molar-refractivity contribution >= 4 is 23.2 Å². The third-order valence-electron chi connectivity index (χ3n) is 3.98. The molecule has 1 aliphatic rings. The van der Waals surface area contributed by atoms with Crippen LogP contribution in [0.3, 0.4) is 0 Å². The normalized spacial score (nSPS) is 19.2. The maximum Gasteiger partial charge on any atom is 0.308 e. The fourth-order valence-corrected chi connectivity index (χ4v) is 3.60. The summed E-state index contributed by atoms with van der Waals surface area (Å²) in [5.74, 6) is -0.856. The number of carbonyl (C=O) groups excluding carboxylic acids is 1. The molecule has 110 valence electrons. The summed E-state index contributed by atoms with van der Waals surface area (Å²) >= 11 is 1.56. The molecule has 1 aromatic rings. The zero-order valence-corrected chi connectivity index (χ0v) is 12.8. The fraction of sp³-hybridized carbons (Fsp3) is 0.600. The minimum atomic E-state index is -0.887. The van der Waals surface area contributed by atoms with E-state index >= 15 is 0 Å². The van der Waals surface area contributed by atoms with Gasteiger partial charge in [0.2, 0.25) is 0 Å². The number of aryl methyl sites for hydroxylation is 1. The lowest BCUT2D eigenvalue weighted by Gasteiger charge is -2.19. The number of thiophene rings is 1.